The molecule has 1 aliphatic rings. The van der Waals surface area contributed by atoms with Crippen LogP contribution in [-0.4, -0.2) is 9.97 Å². The maximum atomic E-state index is 5.64. The van der Waals surface area contributed by atoms with Gasteiger partial charge in [-0.05, 0) is 0 Å². The molecule has 1 aromatic carbocycles. The van der Waals surface area contributed by atoms with Crippen LogP contribution >= 0.6 is 0 Å². The number of hydrogen-bond acceptors (Lipinski definition) is 3. The number of aromatic nitrogens is 2. The molecule has 0 spiro atoms. The van der Waals surface area contributed by atoms with Crippen molar-refractivity contribution in [3.63, 3.8) is 0 Å². The number of hydrogen-bond donors (Lipinski definition) is 1. The molecule has 0 unspecified atom stereocenters. The van der Waals surface area contributed by atoms with Crippen LogP contribution in [0.1, 0.15) is 11.4 Å². The quantitative estimate of drug-likeness (QED) is 0.877. The lowest BCUT2D eigenvalue weighted by Crippen LogP contribution is -2.30. The highest BCUT2D eigenvalue weighted by atomic mass is 16.7. The van der Waals surface area contributed by atoms with E-state index in [2.05, 4.69) is 9.97 Å². The molecule has 0 saturated heterocycles. The van der Waals surface area contributed by atoms with E-state index in [1.54, 1.807) is 24.9 Å². The lowest BCUT2D eigenvalue weighted by atomic mass is 10.0. The summed E-state index contributed by atoms with van der Waals surface area (Å²) in [7, 11) is 0. The van der Waals surface area contributed by atoms with Crippen molar-refractivity contribution in [3.8, 4) is 0 Å². The Morgan fingerprint density at radius 1 is 1.12 bits per heavy atom. The minimum atomic E-state index is -0.793. The monoisotopic (exact) mass is 228 g/mol. The predicted octanol–water partition coefficient (Wildman–Crippen LogP) is 2.32. The van der Waals surface area contributed by atoms with E-state index in [0.717, 1.165) is 11.4 Å². The van der Waals surface area contributed by atoms with Crippen LogP contribution in [0.4, 0.5) is 0 Å². The van der Waals surface area contributed by atoms with Gasteiger partial charge in [-0.15, -0.1) is 0 Å². The van der Waals surface area contributed by atoms with Crippen molar-refractivity contribution < 1.29 is 9.47 Å². The molecule has 0 bridgehead atoms. The number of nitrogens with zero attached hydrogens (tertiary/aromatic N) is 1. The zero-order chi connectivity index (χ0) is 11.6. The first-order valence-corrected chi connectivity index (χ1v) is 5.43. The molecule has 1 aliphatic heterocycles. The second-order valence-corrected chi connectivity index (χ2v) is 3.84. The fourth-order valence-electron chi connectivity index (χ4n) is 1.93. The number of imidazole rings is 1. The summed E-state index contributed by atoms with van der Waals surface area (Å²) in [5.41, 5.74) is 0.974. The third kappa shape index (κ3) is 1.78. The minimum absolute atomic E-state index is 0.539. The molecule has 0 amide bonds. The van der Waals surface area contributed by atoms with E-state index in [1.165, 1.54) is 0 Å². The maximum Gasteiger partial charge on any atom is 0.283 e. The molecule has 1 N–H and O–H groups in total. The highest BCUT2D eigenvalue weighted by molar-refractivity contribution is 5.23. The Morgan fingerprint density at radius 3 is 2.53 bits per heavy atom. The Balaban J connectivity index is 1.94. The zero-order valence-electron chi connectivity index (χ0n) is 9.17. The summed E-state index contributed by atoms with van der Waals surface area (Å²) in [6.45, 7) is 0. The van der Waals surface area contributed by atoms with Gasteiger partial charge in [-0.1, -0.05) is 30.3 Å². The molecule has 0 aliphatic carbocycles. The molecule has 2 heterocycles. The third-order valence-electron chi connectivity index (χ3n) is 2.74. The van der Waals surface area contributed by atoms with Gasteiger partial charge in [0, 0.05) is 18.0 Å². The predicted molar refractivity (Wildman–Crippen MR) is 61.7 cm³/mol. The molecule has 3 rings (SSSR count). The molecule has 86 valence electrons. The fourth-order valence-corrected chi connectivity index (χ4v) is 1.93. The van der Waals surface area contributed by atoms with E-state index >= 15 is 0 Å². The average molecular weight is 228 g/mol. The van der Waals surface area contributed by atoms with Gasteiger partial charge in [-0.2, -0.15) is 0 Å². The number of benzene rings is 1. The van der Waals surface area contributed by atoms with Gasteiger partial charge >= 0.3 is 0 Å². The van der Waals surface area contributed by atoms with Crippen molar-refractivity contribution in [1.82, 2.24) is 9.97 Å². The molecule has 0 atom stereocenters. The van der Waals surface area contributed by atoms with Crippen LogP contribution in [0.5, 0.6) is 0 Å². The molecule has 1 aromatic heterocycles. The highest BCUT2D eigenvalue weighted by Crippen LogP contribution is 2.34. The van der Waals surface area contributed by atoms with Crippen molar-refractivity contribution in [2.24, 2.45) is 0 Å². The Morgan fingerprint density at radius 2 is 1.88 bits per heavy atom. The van der Waals surface area contributed by atoms with Crippen molar-refractivity contribution in [2.75, 3.05) is 0 Å². The molecular weight excluding hydrogens is 216 g/mol. The number of ether oxygens (including phenoxy) is 2. The summed E-state index contributed by atoms with van der Waals surface area (Å²) in [5.74, 6) is 0.0385. The van der Waals surface area contributed by atoms with Crippen molar-refractivity contribution in [2.45, 2.75) is 12.2 Å². The normalized spacial score (nSPS) is 16.5. The standard InChI is InChI=1S/C13H12N2O2/c1-2-4-11(5-3-1)13(16-8-9-17-13)10-12-14-6-7-15-12/h1-9H,10H2,(H,14,15). The average Bonchev–Trinajstić information content (AvgIpc) is 3.03. The molecule has 4 nitrogen and oxygen atoms in total. The second-order valence-electron chi connectivity index (χ2n) is 3.84. The van der Waals surface area contributed by atoms with Crippen LogP contribution in [0.15, 0.2) is 55.2 Å². The molecule has 4 heteroatoms. The lowest BCUT2D eigenvalue weighted by molar-refractivity contribution is -0.149. The SMILES string of the molecule is C1=COC(Cc2ncc[nH]2)(c2ccccc2)O1. The van der Waals surface area contributed by atoms with Gasteiger partial charge in [0.15, 0.2) is 0 Å². The lowest BCUT2D eigenvalue weighted by Gasteiger charge is -2.27. The maximum absolute atomic E-state index is 5.64. The van der Waals surface area contributed by atoms with Crippen molar-refractivity contribution >= 4 is 0 Å². The van der Waals surface area contributed by atoms with Crippen LogP contribution in [0.3, 0.4) is 0 Å². The first kappa shape index (κ1) is 9.96. The molecule has 0 saturated carbocycles. The molecule has 0 radical (unpaired) electrons. The number of aromatic amines is 1. The smallest absolute Gasteiger partial charge is 0.283 e. The van der Waals surface area contributed by atoms with Gasteiger partial charge in [-0.3, -0.25) is 0 Å². The van der Waals surface area contributed by atoms with Gasteiger partial charge in [0.2, 0.25) is 0 Å². The summed E-state index contributed by atoms with van der Waals surface area (Å²) in [6, 6.07) is 9.85. The molecular formula is C13H12N2O2. The summed E-state index contributed by atoms with van der Waals surface area (Å²) in [4.78, 5) is 7.27. The van der Waals surface area contributed by atoms with Crippen molar-refractivity contribution in [3.05, 3.63) is 66.6 Å². The summed E-state index contributed by atoms with van der Waals surface area (Å²) in [5, 5.41) is 0. The zero-order valence-corrected chi connectivity index (χ0v) is 9.17. The van der Waals surface area contributed by atoms with E-state index in [-0.39, 0.29) is 0 Å². The summed E-state index contributed by atoms with van der Waals surface area (Å²) >= 11 is 0. The van der Waals surface area contributed by atoms with Crippen molar-refractivity contribution in [1.29, 1.82) is 0 Å². The third-order valence-corrected chi connectivity index (χ3v) is 2.74. The molecule has 2 aromatic rings. The minimum Gasteiger partial charge on any atom is -0.452 e. The number of nitrogens with one attached hydrogen (secondary N) is 1. The Labute approximate surface area is 98.9 Å². The van der Waals surface area contributed by atoms with E-state index < -0.39 is 5.79 Å². The van der Waals surface area contributed by atoms with Gasteiger partial charge in [0.25, 0.3) is 5.79 Å². The Kier molecular flexibility index (Phi) is 2.33. The van der Waals surface area contributed by atoms with Gasteiger partial charge < -0.3 is 14.5 Å². The highest BCUT2D eigenvalue weighted by Gasteiger charge is 2.39. The van der Waals surface area contributed by atoms with E-state index in [0.29, 0.717) is 6.42 Å². The first-order chi connectivity index (χ1) is 8.39. The second kappa shape index (κ2) is 3.97. The Hall–Kier alpha value is -2.23. The summed E-state index contributed by atoms with van der Waals surface area (Å²) in [6.07, 6.45) is 7.18. The van der Waals surface area contributed by atoms with Crippen LogP contribution in [0, 0.1) is 0 Å². The van der Waals surface area contributed by atoms with E-state index in [4.69, 9.17) is 9.47 Å². The van der Waals surface area contributed by atoms with Gasteiger partial charge in [0.1, 0.15) is 18.3 Å². The van der Waals surface area contributed by atoms with E-state index in [1.807, 2.05) is 30.3 Å². The van der Waals surface area contributed by atoms with Crippen LogP contribution in [0.25, 0.3) is 0 Å². The molecule has 17 heavy (non-hydrogen) atoms. The van der Waals surface area contributed by atoms with E-state index in [9.17, 15) is 0 Å². The Bertz CT molecular complexity index is 497. The molecule has 0 fully saturated rings. The number of rotatable bonds is 3. The summed E-state index contributed by atoms with van der Waals surface area (Å²) < 4.78 is 11.3. The first-order valence-electron chi connectivity index (χ1n) is 5.43. The van der Waals surface area contributed by atoms with Gasteiger partial charge in [0.05, 0.1) is 6.42 Å². The van der Waals surface area contributed by atoms with Crippen LogP contribution < -0.4 is 0 Å². The van der Waals surface area contributed by atoms with Gasteiger partial charge in [-0.25, -0.2) is 4.98 Å². The largest absolute Gasteiger partial charge is 0.452 e. The topological polar surface area (TPSA) is 47.1 Å². The van der Waals surface area contributed by atoms with Crippen LogP contribution in [0.2, 0.25) is 0 Å². The number of H-pyrrole nitrogens is 1. The van der Waals surface area contributed by atoms with Crippen LogP contribution in [-0.2, 0) is 21.7 Å². The fraction of sp³-hybridized carbons (Fsp3) is 0.154.